The molecule has 0 heterocycles. The molecule has 1 aromatic rings. The molecular formula is C13H22N2O2S. The van der Waals surface area contributed by atoms with E-state index in [1.807, 2.05) is 12.1 Å². The Morgan fingerprint density at radius 2 is 1.89 bits per heavy atom. The minimum atomic E-state index is -3.38. The fourth-order valence-electron chi connectivity index (χ4n) is 1.96. The smallest absolute Gasteiger partial charge is 0.240 e. The third kappa shape index (κ3) is 3.80. The summed E-state index contributed by atoms with van der Waals surface area (Å²) in [4.78, 5) is 0.379. The molecule has 0 spiro atoms. The summed E-state index contributed by atoms with van der Waals surface area (Å²) in [5.74, 6) is 0. The summed E-state index contributed by atoms with van der Waals surface area (Å²) in [7, 11) is -1.94. The number of likely N-dealkylation sites (N-methyl/N-ethyl adjacent to an activating group) is 1. The lowest BCUT2D eigenvalue weighted by atomic mass is 10.0. The Hall–Kier alpha value is -0.910. The van der Waals surface area contributed by atoms with Gasteiger partial charge in [-0.3, -0.25) is 0 Å². The van der Waals surface area contributed by atoms with Gasteiger partial charge in [0.1, 0.15) is 0 Å². The van der Waals surface area contributed by atoms with E-state index in [4.69, 9.17) is 0 Å². The maximum Gasteiger partial charge on any atom is 0.240 e. The minimum absolute atomic E-state index is 0.309. The zero-order valence-electron chi connectivity index (χ0n) is 11.2. The average molecular weight is 270 g/mol. The van der Waals surface area contributed by atoms with Crippen LogP contribution in [-0.4, -0.2) is 28.1 Å². The van der Waals surface area contributed by atoms with Gasteiger partial charge in [-0.05, 0) is 38.1 Å². The molecule has 0 aliphatic rings. The number of sulfonamides is 1. The van der Waals surface area contributed by atoms with Crippen LogP contribution in [0.2, 0.25) is 0 Å². The highest BCUT2D eigenvalue weighted by Crippen LogP contribution is 2.17. The highest BCUT2D eigenvalue weighted by molar-refractivity contribution is 7.89. The van der Waals surface area contributed by atoms with E-state index in [1.165, 1.54) is 7.05 Å². The lowest BCUT2D eigenvalue weighted by Gasteiger charge is -2.17. The van der Waals surface area contributed by atoms with Gasteiger partial charge in [0.25, 0.3) is 0 Å². The van der Waals surface area contributed by atoms with Gasteiger partial charge >= 0.3 is 0 Å². The molecule has 0 saturated heterocycles. The average Bonchev–Trinajstić information content (AvgIpc) is 2.38. The van der Waals surface area contributed by atoms with Crippen LogP contribution in [0.3, 0.4) is 0 Å². The van der Waals surface area contributed by atoms with Crippen LogP contribution in [0.1, 0.15) is 25.8 Å². The summed E-state index contributed by atoms with van der Waals surface area (Å²) in [6, 6.07) is 7.47. The van der Waals surface area contributed by atoms with Crippen LogP contribution in [0.5, 0.6) is 0 Å². The topological polar surface area (TPSA) is 58.2 Å². The van der Waals surface area contributed by atoms with Crippen LogP contribution in [0, 0.1) is 0 Å². The maximum atomic E-state index is 11.9. The van der Waals surface area contributed by atoms with Crippen molar-refractivity contribution in [1.82, 2.24) is 10.0 Å². The first-order valence-electron chi connectivity index (χ1n) is 6.30. The number of nitrogens with one attached hydrogen (secondary N) is 2. The Morgan fingerprint density at radius 3 is 2.44 bits per heavy atom. The van der Waals surface area contributed by atoms with Crippen LogP contribution < -0.4 is 10.0 Å². The highest BCUT2D eigenvalue weighted by Gasteiger charge is 2.17. The van der Waals surface area contributed by atoms with Crippen molar-refractivity contribution in [3.63, 3.8) is 0 Å². The molecule has 0 aromatic heterocycles. The van der Waals surface area contributed by atoms with Gasteiger partial charge in [-0.2, -0.15) is 0 Å². The minimum Gasteiger partial charge on any atom is -0.314 e. The third-order valence-electron chi connectivity index (χ3n) is 2.98. The number of hydrogen-bond donors (Lipinski definition) is 2. The fourth-order valence-corrected chi connectivity index (χ4v) is 2.93. The zero-order valence-corrected chi connectivity index (χ0v) is 12.0. The van der Waals surface area contributed by atoms with Crippen LogP contribution >= 0.6 is 0 Å². The molecule has 2 N–H and O–H groups in total. The molecule has 0 saturated carbocycles. The van der Waals surface area contributed by atoms with E-state index < -0.39 is 10.0 Å². The van der Waals surface area contributed by atoms with E-state index in [0.717, 1.165) is 24.9 Å². The van der Waals surface area contributed by atoms with Crippen molar-refractivity contribution in [2.75, 3.05) is 13.6 Å². The molecule has 4 nitrogen and oxygen atoms in total. The quantitative estimate of drug-likeness (QED) is 0.790. The van der Waals surface area contributed by atoms with Crippen molar-refractivity contribution in [3.05, 3.63) is 29.8 Å². The van der Waals surface area contributed by atoms with Crippen molar-refractivity contribution in [2.45, 2.75) is 37.6 Å². The van der Waals surface area contributed by atoms with Gasteiger partial charge in [0, 0.05) is 6.04 Å². The maximum absolute atomic E-state index is 11.9. The molecular weight excluding hydrogens is 248 g/mol. The summed E-state index contributed by atoms with van der Waals surface area (Å²) >= 11 is 0. The predicted octanol–water partition coefficient (Wildman–Crippen LogP) is 1.53. The van der Waals surface area contributed by atoms with Crippen LogP contribution in [0.25, 0.3) is 0 Å². The van der Waals surface area contributed by atoms with E-state index in [0.29, 0.717) is 10.9 Å². The summed E-state index contributed by atoms with van der Waals surface area (Å²) < 4.78 is 26.2. The molecule has 0 fully saturated rings. The SMILES string of the molecule is CCNC(CC)Cc1ccccc1S(=O)(=O)NC. The standard InChI is InChI=1S/C13H22N2O2S/c1-4-12(15-5-2)10-11-8-6-7-9-13(11)18(16,17)14-3/h6-9,12,14-15H,4-5,10H2,1-3H3. The van der Waals surface area contributed by atoms with Gasteiger partial charge < -0.3 is 5.32 Å². The van der Waals surface area contributed by atoms with Crippen molar-refractivity contribution < 1.29 is 8.42 Å². The van der Waals surface area contributed by atoms with E-state index in [2.05, 4.69) is 23.9 Å². The van der Waals surface area contributed by atoms with Crippen molar-refractivity contribution in [2.24, 2.45) is 0 Å². The molecule has 102 valence electrons. The van der Waals surface area contributed by atoms with Gasteiger partial charge in [-0.25, -0.2) is 13.1 Å². The van der Waals surface area contributed by atoms with Gasteiger partial charge in [0.15, 0.2) is 0 Å². The van der Waals surface area contributed by atoms with Gasteiger partial charge in [-0.15, -0.1) is 0 Å². The Kier molecular flexibility index (Phi) is 5.78. The van der Waals surface area contributed by atoms with Gasteiger partial charge in [0.2, 0.25) is 10.0 Å². The number of rotatable bonds is 7. The second-order valence-corrected chi connectivity index (χ2v) is 6.04. The van der Waals surface area contributed by atoms with Gasteiger partial charge in [-0.1, -0.05) is 32.0 Å². The molecule has 1 aromatic carbocycles. The number of hydrogen-bond acceptors (Lipinski definition) is 3. The second-order valence-electron chi connectivity index (χ2n) is 4.18. The molecule has 5 heteroatoms. The van der Waals surface area contributed by atoms with Crippen molar-refractivity contribution in [3.8, 4) is 0 Å². The summed E-state index contributed by atoms with van der Waals surface area (Å²) in [6.45, 7) is 5.04. The lowest BCUT2D eigenvalue weighted by molar-refractivity contribution is 0.506. The summed E-state index contributed by atoms with van der Waals surface area (Å²) in [5.41, 5.74) is 0.861. The Morgan fingerprint density at radius 1 is 1.22 bits per heavy atom. The van der Waals surface area contributed by atoms with E-state index in [-0.39, 0.29) is 0 Å². The fraction of sp³-hybridized carbons (Fsp3) is 0.538. The van der Waals surface area contributed by atoms with E-state index in [9.17, 15) is 8.42 Å². The molecule has 0 radical (unpaired) electrons. The Bertz CT molecular complexity index is 472. The van der Waals surface area contributed by atoms with Crippen LogP contribution in [0.4, 0.5) is 0 Å². The van der Waals surface area contributed by atoms with Crippen LogP contribution in [0.15, 0.2) is 29.2 Å². The molecule has 18 heavy (non-hydrogen) atoms. The van der Waals surface area contributed by atoms with Gasteiger partial charge in [0.05, 0.1) is 4.90 Å². The molecule has 0 bridgehead atoms. The zero-order chi connectivity index (χ0) is 13.6. The lowest BCUT2D eigenvalue weighted by Crippen LogP contribution is -2.31. The summed E-state index contributed by atoms with van der Waals surface area (Å²) in [5, 5.41) is 3.36. The third-order valence-corrected chi connectivity index (χ3v) is 4.50. The molecule has 1 unspecified atom stereocenters. The Labute approximate surface area is 110 Å². The monoisotopic (exact) mass is 270 g/mol. The number of benzene rings is 1. The van der Waals surface area contributed by atoms with Crippen molar-refractivity contribution in [1.29, 1.82) is 0 Å². The molecule has 0 aliphatic heterocycles. The predicted molar refractivity (Wildman–Crippen MR) is 74.1 cm³/mol. The summed E-state index contributed by atoms with van der Waals surface area (Å²) in [6.07, 6.45) is 1.70. The van der Waals surface area contributed by atoms with E-state index in [1.54, 1.807) is 12.1 Å². The van der Waals surface area contributed by atoms with E-state index >= 15 is 0 Å². The molecule has 1 rings (SSSR count). The first kappa shape index (κ1) is 15.1. The first-order chi connectivity index (χ1) is 8.55. The second kappa shape index (κ2) is 6.87. The van der Waals surface area contributed by atoms with Crippen molar-refractivity contribution >= 4 is 10.0 Å². The molecule has 0 aliphatic carbocycles. The largest absolute Gasteiger partial charge is 0.314 e. The first-order valence-corrected chi connectivity index (χ1v) is 7.78. The Balaban J connectivity index is 3.03. The highest BCUT2D eigenvalue weighted by atomic mass is 32.2. The van der Waals surface area contributed by atoms with Crippen LogP contribution in [-0.2, 0) is 16.4 Å². The molecule has 1 atom stereocenters. The normalized spacial score (nSPS) is 13.5. The molecule has 0 amide bonds.